The summed E-state index contributed by atoms with van der Waals surface area (Å²) in [6.45, 7) is 0.677. The Balaban J connectivity index is 2.20. The zero-order valence-corrected chi connectivity index (χ0v) is 11.8. The molecular weight excluding hydrogens is 278 g/mol. The number of sulfonamides is 1. The van der Waals surface area contributed by atoms with Gasteiger partial charge >= 0.3 is 0 Å². The third-order valence-electron chi connectivity index (χ3n) is 3.09. The molecule has 0 bridgehead atoms. The van der Waals surface area contributed by atoms with E-state index < -0.39 is 15.3 Å². The number of benzene rings is 1. The molecule has 0 aliphatic carbocycles. The molecule has 20 heavy (non-hydrogen) atoms. The molecule has 108 valence electrons. The van der Waals surface area contributed by atoms with Gasteiger partial charge < -0.3 is 9.84 Å². The fraction of sp³-hybridized carbons (Fsp3) is 0.429. The van der Waals surface area contributed by atoms with Crippen LogP contribution in [0.4, 0.5) is 5.69 Å². The van der Waals surface area contributed by atoms with Crippen LogP contribution in [-0.2, 0) is 14.8 Å². The monoisotopic (exact) mass is 295 g/mol. The van der Waals surface area contributed by atoms with E-state index in [0.29, 0.717) is 37.3 Å². The lowest BCUT2D eigenvalue weighted by molar-refractivity contribution is 0.0984. The van der Waals surface area contributed by atoms with Crippen LogP contribution >= 0.6 is 0 Å². The maximum absolute atomic E-state index is 12.3. The standard InChI is InChI=1S/C14H17NO4S/c16-9-3-5-12-4-1-2-6-14(12)15-20(17,18)13-7-10-19-11-8-13/h1-2,4,6,13,15-16H,7-11H2. The SMILES string of the molecule is O=S(=O)(Nc1ccccc1C#CCO)C1CCOCC1. The molecule has 0 unspecified atom stereocenters. The summed E-state index contributed by atoms with van der Waals surface area (Å²) in [4.78, 5) is 0. The first-order valence-corrected chi connectivity index (χ1v) is 7.96. The fourth-order valence-corrected chi connectivity index (χ4v) is 3.50. The second kappa shape index (κ2) is 6.75. The molecule has 2 N–H and O–H groups in total. The van der Waals surface area contributed by atoms with Crippen LogP contribution in [0.2, 0.25) is 0 Å². The van der Waals surface area contributed by atoms with Crippen molar-refractivity contribution in [3.63, 3.8) is 0 Å². The molecule has 0 amide bonds. The van der Waals surface area contributed by atoms with Gasteiger partial charge in [0.2, 0.25) is 10.0 Å². The van der Waals surface area contributed by atoms with E-state index in [-0.39, 0.29) is 6.61 Å². The van der Waals surface area contributed by atoms with Crippen molar-refractivity contribution >= 4 is 15.7 Å². The molecule has 0 aromatic heterocycles. The van der Waals surface area contributed by atoms with Crippen molar-refractivity contribution < 1.29 is 18.3 Å². The third-order valence-corrected chi connectivity index (χ3v) is 4.94. The number of para-hydroxylation sites is 1. The summed E-state index contributed by atoms with van der Waals surface area (Å²) in [5.74, 6) is 5.26. The van der Waals surface area contributed by atoms with E-state index in [2.05, 4.69) is 16.6 Å². The van der Waals surface area contributed by atoms with E-state index >= 15 is 0 Å². The molecule has 1 aromatic carbocycles. The highest BCUT2D eigenvalue weighted by Gasteiger charge is 2.28. The number of hydrogen-bond acceptors (Lipinski definition) is 4. The Kier molecular flexibility index (Phi) is 5.01. The first kappa shape index (κ1) is 14.9. The second-order valence-corrected chi connectivity index (χ2v) is 6.43. The fourth-order valence-electron chi connectivity index (χ4n) is 2.04. The molecular formula is C14H17NO4S. The lowest BCUT2D eigenvalue weighted by Gasteiger charge is -2.23. The summed E-state index contributed by atoms with van der Waals surface area (Å²) < 4.78 is 32.4. The van der Waals surface area contributed by atoms with Gasteiger partial charge in [0.25, 0.3) is 0 Å². The van der Waals surface area contributed by atoms with E-state index in [1.54, 1.807) is 24.3 Å². The van der Waals surface area contributed by atoms with E-state index in [4.69, 9.17) is 9.84 Å². The quantitative estimate of drug-likeness (QED) is 0.814. The zero-order valence-electron chi connectivity index (χ0n) is 11.0. The van der Waals surface area contributed by atoms with Gasteiger partial charge in [-0.15, -0.1) is 0 Å². The third kappa shape index (κ3) is 3.73. The van der Waals surface area contributed by atoms with Crippen LogP contribution in [0.15, 0.2) is 24.3 Å². The predicted octanol–water partition coefficient (Wildman–Crippen LogP) is 0.951. The van der Waals surface area contributed by atoms with Crippen molar-refractivity contribution in [3.05, 3.63) is 29.8 Å². The summed E-state index contributed by atoms with van der Waals surface area (Å²) in [5, 5.41) is 8.29. The highest BCUT2D eigenvalue weighted by Crippen LogP contribution is 2.21. The van der Waals surface area contributed by atoms with Gasteiger partial charge in [-0.05, 0) is 25.0 Å². The van der Waals surface area contributed by atoms with Crippen molar-refractivity contribution in [3.8, 4) is 11.8 Å². The van der Waals surface area contributed by atoms with Gasteiger partial charge in [0.05, 0.1) is 10.9 Å². The Hall–Kier alpha value is -1.55. The minimum Gasteiger partial charge on any atom is -0.384 e. The summed E-state index contributed by atoms with van der Waals surface area (Å²) >= 11 is 0. The molecule has 1 aromatic rings. The number of nitrogens with one attached hydrogen (secondary N) is 1. The van der Waals surface area contributed by atoms with Gasteiger partial charge in [-0.25, -0.2) is 8.42 Å². The van der Waals surface area contributed by atoms with Gasteiger partial charge in [0, 0.05) is 18.8 Å². The molecule has 0 saturated carbocycles. The Bertz CT molecular complexity index is 610. The largest absolute Gasteiger partial charge is 0.384 e. The van der Waals surface area contributed by atoms with Crippen molar-refractivity contribution in [1.29, 1.82) is 0 Å². The second-order valence-electron chi connectivity index (χ2n) is 4.46. The smallest absolute Gasteiger partial charge is 0.235 e. The lowest BCUT2D eigenvalue weighted by Crippen LogP contribution is -2.33. The number of aliphatic hydroxyl groups excluding tert-OH is 1. The van der Waals surface area contributed by atoms with E-state index in [9.17, 15) is 8.42 Å². The molecule has 2 rings (SSSR count). The zero-order chi connectivity index (χ0) is 14.4. The van der Waals surface area contributed by atoms with Crippen LogP contribution in [0, 0.1) is 11.8 Å². The minimum atomic E-state index is -3.44. The van der Waals surface area contributed by atoms with E-state index in [1.165, 1.54) is 0 Å². The van der Waals surface area contributed by atoms with E-state index in [0.717, 1.165) is 0 Å². The summed E-state index contributed by atoms with van der Waals surface area (Å²) in [6, 6.07) is 6.89. The lowest BCUT2D eigenvalue weighted by atomic mass is 10.2. The highest BCUT2D eigenvalue weighted by molar-refractivity contribution is 7.93. The maximum Gasteiger partial charge on any atom is 0.235 e. The number of anilines is 1. The average molecular weight is 295 g/mol. The molecule has 1 aliphatic rings. The molecule has 6 heteroatoms. The van der Waals surface area contributed by atoms with Gasteiger partial charge in [-0.2, -0.15) is 0 Å². The predicted molar refractivity (Wildman–Crippen MR) is 76.8 cm³/mol. The van der Waals surface area contributed by atoms with Gasteiger partial charge in [-0.3, -0.25) is 4.72 Å². The molecule has 1 aliphatic heterocycles. The number of aliphatic hydroxyl groups is 1. The first-order chi connectivity index (χ1) is 9.63. The number of rotatable bonds is 3. The van der Waals surface area contributed by atoms with Crippen LogP contribution in [0.25, 0.3) is 0 Å². The van der Waals surface area contributed by atoms with Crippen molar-refractivity contribution in [2.75, 3.05) is 24.5 Å². The highest BCUT2D eigenvalue weighted by atomic mass is 32.2. The summed E-state index contributed by atoms with van der Waals surface area (Å²) in [5.41, 5.74) is 0.997. The van der Waals surface area contributed by atoms with E-state index in [1.807, 2.05) is 0 Å². The molecule has 0 radical (unpaired) electrons. The van der Waals surface area contributed by atoms with Crippen LogP contribution in [0.1, 0.15) is 18.4 Å². The Morgan fingerprint density at radius 2 is 2.00 bits per heavy atom. The molecule has 1 fully saturated rings. The molecule has 1 saturated heterocycles. The van der Waals surface area contributed by atoms with Crippen LogP contribution < -0.4 is 4.72 Å². The molecule has 0 spiro atoms. The van der Waals surface area contributed by atoms with Crippen LogP contribution in [0.5, 0.6) is 0 Å². The summed E-state index contributed by atoms with van der Waals surface area (Å²) in [6.07, 6.45) is 1.000. The molecule has 1 heterocycles. The van der Waals surface area contributed by atoms with Crippen molar-refractivity contribution in [2.45, 2.75) is 18.1 Å². The van der Waals surface area contributed by atoms with Crippen molar-refractivity contribution in [2.24, 2.45) is 0 Å². The van der Waals surface area contributed by atoms with Gasteiger partial charge in [0.15, 0.2) is 0 Å². The van der Waals surface area contributed by atoms with Crippen LogP contribution in [0.3, 0.4) is 0 Å². The Morgan fingerprint density at radius 1 is 1.30 bits per heavy atom. The first-order valence-electron chi connectivity index (χ1n) is 6.41. The average Bonchev–Trinajstić information content (AvgIpc) is 2.47. The number of hydrogen-bond donors (Lipinski definition) is 2. The topological polar surface area (TPSA) is 75.6 Å². The molecule has 5 nitrogen and oxygen atoms in total. The number of ether oxygens (including phenoxy) is 1. The Morgan fingerprint density at radius 3 is 2.70 bits per heavy atom. The van der Waals surface area contributed by atoms with Gasteiger partial charge in [-0.1, -0.05) is 24.0 Å². The van der Waals surface area contributed by atoms with Crippen LogP contribution in [-0.4, -0.2) is 38.6 Å². The summed E-state index contributed by atoms with van der Waals surface area (Å²) in [7, 11) is -3.44. The molecule has 0 atom stereocenters. The normalized spacial score (nSPS) is 16.2. The Labute approximate surface area is 119 Å². The van der Waals surface area contributed by atoms with Gasteiger partial charge in [0.1, 0.15) is 6.61 Å². The van der Waals surface area contributed by atoms with Crippen molar-refractivity contribution in [1.82, 2.24) is 0 Å². The minimum absolute atomic E-state index is 0.263. The maximum atomic E-state index is 12.3.